The van der Waals surface area contributed by atoms with Crippen LogP contribution in [0, 0.1) is 12.7 Å². The lowest BCUT2D eigenvalue weighted by Gasteiger charge is -2.07. The number of halogens is 1. The van der Waals surface area contributed by atoms with Crippen LogP contribution in [0.2, 0.25) is 0 Å². The fraction of sp³-hybridized carbons (Fsp3) is 0.125. The van der Waals surface area contributed by atoms with Gasteiger partial charge in [0.25, 0.3) is 0 Å². The van der Waals surface area contributed by atoms with E-state index in [2.05, 4.69) is 10.6 Å². The first kappa shape index (κ1) is 14.7. The van der Waals surface area contributed by atoms with Gasteiger partial charge in [-0.2, -0.15) is 0 Å². The third kappa shape index (κ3) is 4.42. The van der Waals surface area contributed by atoms with Crippen molar-refractivity contribution in [3.8, 4) is 0 Å². The van der Waals surface area contributed by atoms with Crippen LogP contribution in [0.5, 0.6) is 0 Å². The van der Waals surface area contributed by atoms with Gasteiger partial charge in [-0.3, -0.25) is 9.59 Å². The molecule has 0 radical (unpaired) electrons. The van der Waals surface area contributed by atoms with Gasteiger partial charge in [0.05, 0.1) is 5.69 Å². The molecule has 0 aliphatic carbocycles. The Morgan fingerprint density at radius 2 is 1.71 bits per heavy atom. The smallest absolute Gasteiger partial charge is 0.233 e. The zero-order valence-electron chi connectivity index (χ0n) is 11.5. The van der Waals surface area contributed by atoms with Gasteiger partial charge >= 0.3 is 0 Å². The summed E-state index contributed by atoms with van der Waals surface area (Å²) in [4.78, 5) is 23.4. The Morgan fingerprint density at radius 1 is 1.00 bits per heavy atom. The lowest BCUT2D eigenvalue weighted by Crippen LogP contribution is -2.21. The molecule has 2 rings (SSSR count). The van der Waals surface area contributed by atoms with E-state index in [-0.39, 0.29) is 12.1 Å². The predicted molar refractivity (Wildman–Crippen MR) is 79.5 cm³/mol. The number of benzene rings is 2. The van der Waals surface area contributed by atoms with Crippen LogP contribution in [0.1, 0.15) is 12.0 Å². The molecule has 21 heavy (non-hydrogen) atoms. The zero-order valence-corrected chi connectivity index (χ0v) is 11.5. The molecule has 2 N–H and O–H groups in total. The second-order valence-corrected chi connectivity index (χ2v) is 4.62. The molecule has 0 spiro atoms. The molecule has 0 atom stereocenters. The largest absolute Gasteiger partial charge is 0.326 e. The van der Waals surface area contributed by atoms with Gasteiger partial charge in [-0.05, 0) is 36.8 Å². The Bertz CT molecular complexity index is 671. The topological polar surface area (TPSA) is 58.2 Å². The highest BCUT2D eigenvalue weighted by Crippen LogP contribution is 2.13. The maximum atomic E-state index is 13.4. The summed E-state index contributed by atoms with van der Waals surface area (Å²) in [5, 5.41) is 4.98. The number of hydrogen-bond donors (Lipinski definition) is 2. The molecule has 2 aromatic rings. The van der Waals surface area contributed by atoms with Gasteiger partial charge in [0, 0.05) is 5.69 Å². The maximum absolute atomic E-state index is 13.4. The Kier molecular flexibility index (Phi) is 4.66. The Morgan fingerprint density at radius 3 is 2.43 bits per heavy atom. The van der Waals surface area contributed by atoms with Crippen LogP contribution in [0.15, 0.2) is 48.5 Å². The molecule has 0 fully saturated rings. The minimum atomic E-state index is -0.565. The highest BCUT2D eigenvalue weighted by molar-refractivity contribution is 6.08. The maximum Gasteiger partial charge on any atom is 0.233 e. The van der Waals surface area contributed by atoms with Crippen molar-refractivity contribution >= 4 is 23.2 Å². The van der Waals surface area contributed by atoms with Gasteiger partial charge < -0.3 is 10.6 Å². The minimum absolute atomic E-state index is 0.0610. The molecule has 0 heterocycles. The molecule has 0 unspecified atom stereocenters. The van der Waals surface area contributed by atoms with Crippen molar-refractivity contribution in [1.29, 1.82) is 0 Å². The Labute approximate surface area is 122 Å². The van der Waals surface area contributed by atoms with Crippen LogP contribution in [0.4, 0.5) is 15.8 Å². The first-order valence-corrected chi connectivity index (χ1v) is 6.45. The van der Waals surface area contributed by atoms with E-state index >= 15 is 0 Å². The molecule has 4 nitrogen and oxygen atoms in total. The van der Waals surface area contributed by atoms with Gasteiger partial charge in [0.1, 0.15) is 12.2 Å². The molecular weight excluding hydrogens is 271 g/mol. The molecule has 0 aromatic heterocycles. The van der Waals surface area contributed by atoms with E-state index < -0.39 is 17.6 Å². The van der Waals surface area contributed by atoms with E-state index in [9.17, 15) is 14.0 Å². The molecule has 108 valence electrons. The summed E-state index contributed by atoms with van der Waals surface area (Å²) >= 11 is 0. The van der Waals surface area contributed by atoms with Crippen molar-refractivity contribution in [2.75, 3.05) is 10.6 Å². The van der Waals surface area contributed by atoms with Crippen molar-refractivity contribution in [2.24, 2.45) is 0 Å². The molecule has 0 saturated carbocycles. The highest BCUT2D eigenvalue weighted by Gasteiger charge is 2.11. The summed E-state index contributed by atoms with van der Waals surface area (Å²) < 4.78 is 13.4. The normalized spacial score (nSPS) is 10.0. The molecule has 2 aromatic carbocycles. The quantitative estimate of drug-likeness (QED) is 0.848. The first-order chi connectivity index (χ1) is 10.0. The van der Waals surface area contributed by atoms with Crippen LogP contribution >= 0.6 is 0 Å². The number of rotatable bonds is 4. The summed E-state index contributed by atoms with van der Waals surface area (Å²) in [6.45, 7) is 1.90. The average Bonchev–Trinajstić information content (AvgIpc) is 2.41. The van der Waals surface area contributed by atoms with E-state index in [4.69, 9.17) is 0 Å². The van der Waals surface area contributed by atoms with Crippen LogP contribution in [0.3, 0.4) is 0 Å². The average molecular weight is 286 g/mol. The van der Waals surface area contributed by atoms with Crippen molar-refractivity contribution in [1.82, 2.24) is 0 Å². The van der Waals surface area contributed by atoms with Crippen LogP contribution in [0.25, 0.3) is 0 Å². The summed E-state index contributed by atoms with van der Waals surface area (Å²) in [5.41, 5.74) is 1.69. The Balaban J connectivity index is 1.91. The highest BCUT2D eigenvalue weighted by atomic mass is 19.1. The first-order valence-electron chi connectivity index (χ1n) is 6.45. The van der Waals surface area contributed by atoms with E-state index in [1.807, 2.05) is 19.1 Å². The summed E-state index contributed by atoms with van der Waals surface area (Å²) in [6, 6.07) is 13.0. The predicted octanol–water partition coefficient (Wildman–Crippen LogP) is 3.10. The summed E-state index contributed by atoms with van der Waals surface area (Å²) in [7, 11) is 0. The lowest BCUT2D eigenvalue weighted by atomic mass is 10.2. The summed E-state index contributed by atoms with van der Waals surface area (Å²) in [5.74, 6) is -1.55. The third-order valence-corrected chi connectivity index (χ3v) is 2.77. The van der Waals surface area contributed by atoms with Crippen molar-refractivity contribution in [3.63, 3.8) is 0 Å². The van der Waals surface area contributed by atoms with Crippen molar-refractivity contribution in [2.45, 2.75) is 13.3 Å². The second-order valence-electron chi connectivity index (χ2n) is 4.62. The minimum Gasteiger partial charge on any atom is -0.326 e. The van der Waals surface area contributed by atoms with E-state index in [0.717, 1.165) is 5.56 Å². The van der Waals surface area contributed by atoms with Crippen LogP contribution < -0.4 is 10.6 Å². The number of nitrogens with one attached hydrogen (secondary N) is 2. The number of amides is 2. The van der Waals surface area contributed by atoms with Crippen molar-refractivity contribution < 1.29 is 14.0 Å². The van der Waals surface area contributed by atoms with Gasteiger partial charge in [-0.1, -0.05) is 24.3 Å². The molecule has 0 aliphatic heterocycles. The number of carbonyl (C=O) groups excluding carboxylic acids is 2. The van der Waals surface area contributed by atoms with Gasteiger partial charge in [-0.15, -0.1) is 0 Å². The third-order valence-electron chi connectivity index (χ3n) is 2.77. The number of anilines is 2. The molecule has 2 amide bonds. The number of aryl methyl sites for hydroxylation is 1. The fourth-order valence-electron chi connectivity index (χ4n) is 1.83. The zero-order chi connectivity index (χ0) is 15.2. The van der Waals surface area contributed by atoms with E-state index in [0.29, 0.717) is 5.69 Å². The molecular formula is C16H15FN2O2. The SMILES string of the molecule is Cc1cccc(NC(=O)CC(=O)Nc2ccccc2F)c1. The van der Waals surface area contributed by atoms with Crippen LogP contribution in [-0.2, 0) is 9.59 Å². The molecule has 0 saturated heterocycles. The van der Waals surface area contributed by atoms with Crippen molar-refractivity contribution in [3.05, 3.63) is 59.9 Å². The second kappa shape index (κ2) is 6.65. The van der Waals surface area contributed by atoms with E-state index in [1.54, 1.807) is 18.2 Å². The number of hydrogen-bond acceptors (Lipinski definition) is 2. The number of carbonyl (C=O) groups is 2. The van der Waals surface area contributed by atoms with Gasteiger partial charge in [0.15, 0.2) is 0 Å². The monoisotopic (exact) mass is 286 g/mol. The number of para-hydroxylation sites is 1. The van der Waals surface area contributed by atoms with Gasteiger partial charge in [-0.25, -0.2) is 4.39 Å². The molecule has 5 heteroatoms. The van der Waals surface area contributed by atoms with Crippen LogP contribution in [-0.4, -0.2) is 11.8 Å². The summed E-state index contributed by atoms with van der Waals surface area (Å²) in [6.07, 6.45) is -0.373. The van der Waals surface area contributed by atoms with E-state index in [1.165, 1.54) is 18.2 Å². The fourth-order valence-corrected chi connectivity index (χ4v) is 1.83. The molecule has 0 aliphatic rings. The standard InChI is InChI=1S/C16H15FN2O2/c1-11-5-4-6-12(9-11)18-15(20)10-16(21)19-14-8-3-2-7-13(14)17/h2-9H,10H2,1H3,(H,18,20)(H,19,21). The van der Waals surface area contributed by atoms with Gasteiger partial charge in [0.2, 0.25) is 11.8 Å². The lowest BCUT2D eigenvalue weighted by molar-refractivity contribution is -0.123. The Hall–Kier alpha value is -2.69. The molecule has 0 bridgehead atoms.